The Bertz CT molecular complexity index is 583. The fourth-order valence-electron chi connectivity index (χ4n) is 3.48. The van der Waals surface area contributed by atoms with E-state index in [1.165, 1.54) is 0 Å². The fraction of sp³-hybridized carbons (Fsp3) is 0.824. The van der Waals surface area contributed by atoms with Crippen LogP contribution >= 0.6 is 0 Å². The summed E-state index contributed by atoms with van der Waals surface area (Å²) in [6, 6.07) is 0. The summed E-state index contributed by atoms with van der Waals surface area (Å²) in [4.78, 5) is 11.4. The highest BCUT2D eigenvalue weighted by Crippen LogP contribution is 2.38. The number of likely N-dealkylation sites (tertiary alicyclic amines) is 1. The Morgan fingerprint density at radius 1 is 1.44 bits per heavy atom. The average molecular weight is 351 g/mol. The van der Waals surface area contributed by atoms with Crippen LogP contribution in [-0.2, 0) is 16.0 Å². The van der Waals surface area contributed by atoms with Gasteiger partial charge in [0.1, 0.15) is 12.6 Å². The fourth-order valence-corrected chi connectivity index (χ4v) is 3.48. The molecule has 140 valence electrons. The molecule has 2 unspecified atom stereocenters. The van der Waals surface area contributed by atoms with E-state index in [9.17, 15) is 0 Å². The van der Waals surface area contributed by atoms with Gasteiger partial charge in [0.05, 0.1) is 6.61 Å². The minimum absolute atomic E-state index is 0.166. The lowest BCUT2D eigenvalue weighted by Crippen LogP contribution is -2.41. The first-order valence-electron chi connectivity index (χ1n) is 9.21. The van der Waals surface area contributed by atoms with Crippen LogP contribution in [0.1, 0.15) is 51.4 Å². The average Bonchev–Trinajstić information content (AvgIpc) is 3.34. The molecule has 0 aliphatic carbocycles. The van der Waals surface area contributed by atoms with Crippen LogP contribution in [0.5, 0.6) is 0 Å². The van der Waals surface area contributed by atoms with Crippen LogP contribution in [0.4, 0.5) is 0 Å². The van der Waals surface area contributed by atoms with Crippen molar-refractivity contribution in [3.63, 3.8) is 0 Å². The van der Waals surface area contributed by atoms with Crippen LogP contribution in [0.25, 0.3) is 0 Å². The summed E-state index contributed by atoms with van der Waals surface area (Å²) in [5.74, 6) is 1.99. The van der Waals surface area contributed by atoms with Crippen molar-refractivity contribution in [2.45, 2.75) is 46.3 Å². The Balaban J connectivity index is 1.63. The second-order valence-electron chi connectivity index (χ2n) is 6.79. The van der Waals surface area contributed by atoms with Crippen LogP contribution in [0.2, 0.25) is 0 Å². The van der Waals surface area contributed by atoms with Gasteiger partial charge >= 0.3 is 0 Å². The Morgan fingerprint density at radius 3 is 3.04 bits per heavy atom. The van der Waals surface area contributed by atoms with Gasteiger partial charge in [-0.25, -0.2) is 4.99 Å². The summed E-state index contributed by atoms with van der Waals surface area (Å²) in [6.07, 6.45) is 2.14. The molecule has 2 saturated heterocycles. The lowest BCUT2D eigenvalue weighted by atomic mass is 9.87. The largest absolute Gasteiger partial charge is 0.381 e. The van der Waals surface area contributed by atoms with Gasteiger partial charge in [0.2, 0.25) is 5.89 Å². The van der Waals surface area contributed by atoms with Gasteiger partial charge in [0.25, 0.3) is 0 Å². The smallest absolute Gasteiger partial charge is 0.248 e. The first kappa shape index (κ1) is 18.1. The zero-order valence-corrected chi connectivity index (χ0v) is 15.5. The molecule has 8 heteroatoms. The molecule has 0 aromatic carbocycles. The van der Waals surface area contributed by atoms with E-state index in [0.717, 1.165) is 51.6 Å². The first-order chi connectivity index (χ1) is 12.2. The second kappa shape index (κ2) is 8.14. The molecule has 0 radical (unpaired) electrons. The molecule has 0 amide bonds. The molecule has 25 heavy (non-hydrogen) atoms. The summed E-state index contributed by atoms with van der Waals surface area (Å²) in [5, 5.41) is 7.35. The number of hydrogen-bond donors (Lipinski definition) is 1. The van der Waals surface area contributed by atoms with Crippen molar-refractivity contribution >= 4 is 5.96 Å². The summed E-state index contributed by atoms with van der Waals surface area (Å²) < 4.78 is 16.4. The number of rotatable bonds is 6. The van der Waals surface area contributed by atoms with Gasteiger partial charge in [-0.3, -0.25) is 0 Å². The van der Waals surface area contributed by atoms with Crippen molar-refractivity contribution in [2.75, 3.05) is 39.5 Å². The molecule has 8 nitrogen and oxygen atoms in total. The predicted octanol–water partition coefficient (Wildman–Crippen LogP) is 1.74. The third-order valence-corrected chi connectivity index (χ3v) is 4.89. The number of hydrogen-bond acceptors (Lipinski definition) is 6. The lowest BCUT2D eigenvalue weighted by Gasteiger charge is -2.24. The maximum absolute atomic E-state index is 5.61. The standard InChI is InChI=1S/C17H29N5O3/c1-4-18-16(22-8-6-17(11-22)7-9-23-12-17)19-10-14-20-15(21-25-14)13(3)24-5-2/h13H,4-12H2,1-3H3,(H,18,19). The molecule has 3 heterocycles. The van der Waals surface area contributed by atoms with E-state index in [-0.39, 0.29) is 6.10 Å². The Kier molecular flexibility index (Phi) is 5.90. The van der Waals surface area contributed by atoms with Gasteiger partial charge in [-0.15, -0.1) is 0 Å². The van der Waals surface area contributed by atoms with Crippen molar-refractivity contribution in [1.29, 1.82) is 0 Å². The van der Waals surface area contributed by atoms with E-state index in [1.54, 1.807) is 0 Å². The highest BCUT2D eigenvalue weighted by Gasteiger charge is 2.42. The van der Waals surface area contributed by atoms with Crippen LogP contribution in [0.15, 0.2) is 9.52 Å². The summed E-state index contributed by atoms with van der Waals surface area (Å²) in [7, 11) is 0. The summed E-state index contributed by atoms with van der Waals surface area (Å²) in [6.45, 7) is 11.5. The summed E-state index contributed by atoms with van der Waals surface area (Å²) >= 11 is 0. The van der Waals surface area contributed by atoms with Crippen molar-refractivity contribution in [2.24, 2.45) is 10.4 Å². The van der Waals surface area contributed by atoms with E-state index in [0.29, 0.717) is 30.3 Å². The topological polar surface area (TPSA) is 85.0 Å². The Morgan fingerprint density at radius 2 is 2.32 bits per heavy atom. The lowest BCUT2D eigenvalue weighted by molar-refractivity contribution is 0.0683. The van der Waals surface area contributed by atoms with Crippen molar-refractivity contribution < 1.29 is 14.0 Å². The van der Waals surface area contributed by atoms with Crippen molar-refractivity contribution in [1.82, 2.24) is 20.4 Å². The van der Waals surface area contributed by atoms with Crippen LogP contribution in [0.3, 0.4) is 0 Å². The van der Waals surface area contributed by atoms with E-state index >= 15 is 0 Å². The minimum atomic E-state index is -0.166. The summed E-state index contributed by atoms with van der Waals surface area (Å²) in [5.41, 5.74) is 0.306. The molecule has 1 spiro atoms. The van der Waals surface area contributed by atoms with E-state index < -0.39 is 0 Å². The number of nitrogens with one attached hydrogen (secondary N) is 1. The van der Waals surface area contributed by atoms with Gasteiger partial charge in [-0.2, -0.15) is 4.98 Å². The third-order valence-electron chi connectivity index (χ3n) is 4.89. The number of ether oxygens (including phenoxy) is 2. The molecule has 1 N–H and O–H groups in total. The molecule has 0 saturated carbocycles. The highest BCUT2D eigenvalue weighted by atomic mass is 16.5. The van der Waals surface area contributed by atoms with Crippen LogP contribution < -0.4 is 5.32 Å². The normalized spacial score (nSPS) is 25.1. The highest BCUT2D eigenvalue weighted by molar-refractivity contribution is 5.80. The van der Waals surface area contributed by atoms with Crippen LogP contribution in [-0.4, -0.2) is 60.5 Å². The monoisotopic (exact) mass is 351 g/mol. The molecular formula is C17H29N5O3. The molecule has 2 atom stereocenters. The molecule has 1 aromatic rings. The van der Waals surface area contributed by atoms with Gasteiger partial charge < -0.3 is 24.2 Å². The molecule has 2 aliphatic rings. The van der Waals surface area contributed by atoms with E-state index in [4.69, 9.17) is 19.0 Å². The SMILES string of the molecule is CCNC(=NCc1nc(C(C)OCC)no1)N1CCC2(CCOC2)C1. The molecule has 1 aromatic heterocycles. The number of nitrogens with zero attached hydrogens (tertiary/aromatic N) is 4. The first-order valence-corrected chi connectivity index (χ1v) is 9.21. The molecule has 2 fully saturated rings. The molecule has 3 rings (SSSR count). The van der Waals surface area contributed by atoms with Crippen molar-refractivity contribution in [3.05, 3.63) is 11.7 Å². The minimum Gasteiger partial charge on any atom is -0.381 e. The molecule has 2 aliphatic heterocycles. The maximum Gasteiger partial charge on any atom is 0.248 e. The zero-order valence-electron chi connectivity index (χ0n) is 15.5. The predicted molar refractivity (Wildman–Crippen MR) is 93.2 cm³/mol. The number of aliphatic imine (C=N–C) groups is 1. The number of guanidine groups is 1. The zero-order chi connectivity index (χ0) is 17.7. The third kappa shape index (κ3) is 4.30. The second-order valence-corrected chi connectivity index (χ2v) is 6.79. The molecular weight excluding hydrogens is 322 g/mol. The van der Waals surface area contributed by atoms with Crippen molar-refractivity contribution in [3.8, 4) is 0 Å². The molecule has 0 bridgehead atoms. The Labute approximate surface area is 149 Å². The van der Waals surface area contributed by atoms with Gasteiger partial charge in [-0.1, -0.05) is 5.16 Å². The van der Waals surface area contributed by atoms with Gasteiger partial charge in [0, 0.05) is 38.3 Å². The van der Waals surface area contributed by atoms with E-state index in [2.05, 4.69) is 27.3 Å². The van der Waals surface area contributed by atoms with Gasteiger partial charge in [0.15, 0.2) is 11.8 Å². The van der Waals surface area contributed by atoms with E-state index in [1.807, 2.05) is 13.8 Å². The number of aromatic nitrogens is 2. The van der Waals surface area contributed by atoms with Crippen LogP contribution in [0, 0.1) is 5.41 Å². The van der Waals surface area contributed by atoms with Gasteiger partial charge in [-0.05, 0) is 33.6 Å². The maximum atomic E-state index is 5.61. The Hall–Kier alpha value is -1.67. The quantitative estimate of drug-likeness (QED) is 0.617.